The minimum Gasteiger partial charge on any atom is -0.467 e. The first-order valence-corrected chi connectivity index (χ1v) is 5.90. The molecule has 6 heteroatoms. The normalized spacial score (nSPS) is 10.2. The fourth-order valence-corrected chi connectivity index (χ4v) is 1.54. The monoisotopic (exact) mass is 264 g/mol. The molecule has 0 saturated heterocycles. The number of anilines is 1. The summed E-state index contributed by atoms with van der Waals surface area (Å²) in [7, 11) is 1.52. The van der Waals surface area contributed by atoms with Crippen LogP contribution >= 0.6 is 11.6 Å². The zero-order valence-corrected chi connectivity index (χ0v) is 10.9. The van der Waals surface area contributed by atoms with E-state index in [4.69, 9.17) is 16.3 Å². The number of nitrogens with zero attached hydrogens (tertiary/aromatic N) is 3. The average molecular weight is 265 g/mol. The Balaban J connectivity index is 2.42. The van der Waals surface area contributed by atoms with E-state index in [9.17, 15) is 0 Å². The highest BCUT2D eigenvalue weighted by molar-refractivity contribution is 6.30. The molecule has 0 unspecified atom stereocenters. The van der Waals surface area contributed by atoms with Crippen LogP contribution in [0.3, 0.4) is 0 Å². The second-order valence-corrected chi connectivity index (χ2v) is 3.94. The molecule has 0 saturated carbocycles. The Morgan fingerprint density at radius 3 is 2.50 bits per heavy atom. The molecule has 0 fully saturated rings. The summed E-state index contributed by atoms with van der Waals surface area (Å²) in [5.41, 5.74) is 0.860. The summed E-state index contributed by atoms with van der Waals surface area (Å²) < 4.78 is 5.06. The number of benzene rings is 1. The second-order valence-electron chi connectivity index (χ2n) is 3.51. The van der Waals surface area contributed by atoms with Crippen molar-refractivity contribution in [2.45, 2.75) is 6.92 Å². The van der Waals surface area contributed by atoms with Gasteiger partial charge in [0.25, 0.3) is 0 Å². The molecular formula is C12H13ClN4O. The molecular weight excluding hydrogens is 252 g/mol. The fraction of sp³-hybridized carbons (Fsp3) is 0.250. The van der Waals surface area contributed by atoms with Gasteiger partial charge in [0.1, 0.15) is 0 Å². The highest BCUT2D eigenvalue weighted by atomic mass is 35.5. The van der Waals surface area contributed by atoms with Gasteiger partial charge in [-0.1, -0.05) is 11.6 Å². The van der Waals surface area contributed by atoms with Gasteiger partial charge in [0, 0.05) is 17.1 Å². The van der Waals surface area contributed by atoms with E-state index >= 15 is 0 Å². The van der Waals surface area contributed by atoms with Crippen molar-refractivity contribution in [2.24, 2.45) is 0 Å². The lowest BCUT2D eigenvalue weighted by atomic mass is 10.2. The van der Waals surface area contributed by atoms with Crippen LogP contribution in [0.2, 0.25) is 5.02 Å². The highest BCUT2D eigenvalue weighted by Crippen LogP contribution is 2.20. The SMILES string of the molecule is CCNc1nc(OC)nc(-c2ccc(Cl)cc2)n1. The Morgan fingerprint density at radius 2 is 1.89 bits per heavy atom. The molecule has 1 aromatic heterocycles. The van der Waals surface area contributed by atoms with E-state index in [0.29, 0.717) is 16.8 Å². The molecule has 18 heavy (non-hydrogen) atoms. The minimum atomic E-state index is 0.283. The number of halogens is 1. The summed E-state index contributed by atoms with van der Waals surface area (Å²) in [6.07, 6.45) is 0. The fourth-order valence-electron chi connectivity index (χ4n) is 1.41. The zero-order chi connectivity index (χ0) is 13.0. The molecule has 0 amide bonds. The largest absolute Gasteiger partial charge is 0.467 e. The molecule has 5 nitrogen and oxygen atoms in total. The smallest absolute Gasteiger partial charge is 0.321 e. The highest BCUT2D eigenvalue weighted by Gasteiger charge is 2.08. The van der Waals surface area contributed by atoms with Crippen LogP contribution in [-0.4, -0.2) is 28.6 Å². The Hall–Kier alpha value is -1.88. The van der Waals surface area contributed by atoms with E-state index in [-0.39, 0.29) is 6.01 Å². The van der Waals surface area contributed by atoms with Crippen LogP contribution in [0.25, 0.3) is 11.4 Å². The lowest BCUT2D eigenvalue weighted by Gasteiger charge is -2.06. The van der Waals surface area contributed by atoms with E-state index in [1.165, 1.54) is 7.11 Å². The first-order chi connectivity index (χ1) is 8.72. The molecule has 1 heterocycles. The van der Waals surface area contributed by atoms with Crippen molar-refractivity contribution in [3.63, 3.8) is 0 Å². The maximum absolute atomic E-state index is 5.85. The molecule has 94 valence electrons. The summed E-state index contributed by atoms with van der Waals surface area (Å²) in [5, 5.41) is 3.71. The lowest BCUT2D eigenvalue weighted by Crippen LogP contribution is -2.06. The third-order valence-electron chi connectivity index (χ3n) is 2.23. The zero-order valence-electron chi connectivity index (χ0n) is 10.1. The molecule has 0 bridgehead atoms. The van der Waals surface area contributed by atoms with E-state index in [2.05, 4.69) is 20.3 Å². The number of ether oxygens (including phenoxy) is 1. The Labute approximate surface area is 110 Å². The maximum Gasteiger partial charge on any atom is 0.321 e. The number of nitrogens with one attached hydrogen (secondary N) is 1. The molecule has 0 aliphatic heterocycles. The summed E-state index contributed by atoms with van der Waals surface area (Å²) in [6.45, 7) is 2.70. The van der Waals surface area contributed by atoms with E-state index in [0.717, 1.165) is 12.1 Å². The van der Waals surface area contributed by atoms with Gasteiger partial charge in [0.2, 0.25) is 5.95 Å². The second kappa shape index (κ2) is 5.64. The van der Waals surface area contributed by atoms with Crippen molar-refractivity contribution >= 4 is 17.5 Å². The van der Waals surface area contributed by atoms with Crippen LogP contribution in [0, 0.1) is 0 Å². The molecule has 0 aliphatic rings. The number of aromatic nitrogens is 3. The van der Waals surface area contributed by atoms with Gasteiger partial charge in [-0.05, 0) is 31.2 Å². The third-order valence-corrected chi connectivity index (χ3v) is 2.49. The quantitative estimate of drug-likeness (QED) is 0.920. The molecule has 0 atom stereocenters. The molecule has 0 spiro atoms. The predicted octanol–water partition coefficient (Wildman–Crippen LogP) is 2.63. The van der Waals surface area contributed by atoms with Crippen LogP contribution in [0.15, 0.2) is 24.3 Å². The predicted molar refractivity (Wildman–Crippen MR) is 71.0 cm³/mol. The van der Waals surface area contributed by atoms with Crippen LogP contribution in [0.5, 0.6) is 6.01 Å². The topological polar surface area (TPSA) is 59.9 Å². The molecule has 1 aromatic carbocycles. The standard InChI is InChI=1S/C12H13ClN4O/c1-3-14-11-15-10(16-12(17-11)18-2)8-4-6-9(13)7-5-8/h4-7H,3H2,1-2H3,(H,14,15,16,17). The number of hydrogen-bond acceptors (Lipinski definition) is 5. The minimum absolute atomic E-state index is 0.283. The van der Waals surface area contributed by atoms with Gasteiger partial charge in [-0.3, -0.25) is 0 Å². The first kappa shape index (κ1) is 12.6. The van der Waals surface area contributed by atoms with E-state index in [1.54, 1.807) is 12.1 Å². The average Bonchev–Trinajstić information content (AvgIpc) is 2.39. The van der Waals surface area contributed by atoms with Crippen molar-refractivity contribution in [3.05, 3.63) is 29.3 Å². The molecule has 2 rings (SSSR count). The summed E-state index contributed by atoms with van der Waals surface area (Å²) in [4.78, 5) is 12.6. The van der Waals surface area contributed by atoms with Crippen LogP contribution in [0.1, 0.15) is 6.92 Å². The van der Waals surface area contributed by atoms with Crippen LogP contribution in [0.4, 0.5) is 5.95 Å². The van der Waals surface area contributed by atoms with Crippen molar-refractivity contribution in [3.8, 4) is 17.4 Å². The summed E-state index contributed by atoms with van der Waals surface area (Å²) >= 11 is 5.85. The Bertz CT molecular complexity index is 530. The van der Waals surface area contributed by atoms with Gasteiger partial charge in [-0.2, -0.15) is 15.0 Å². The number of rotatable bonds is 4. The van der Waals surface area contributed by atoms with Gasteiger partial charge in [-0.15, -0.1) is 0 Å². The third kappa shape index (κ3) is 2.87. The van der Waals surface area contributed by atoms with Crippen molar-refractivity contribution in [1.82, 2.24) is 15.0 Å². The maximum atomic E-state index is 5.85. The van der Waals surface area contributed by atoms with Gasteiger partial charge < -0.3 is 10.1 Å². The lowest BCUT2D eigenvalue weighted by molar-refractivity contribution is 0.379. The Morgan fingerprint density at radius 1 is 1.17 bits per heavy atom. The van der Waals surface area contributed by atoms with Crippen LogP contribution < -0.4 is 10.1 Å². The van der Waals surface area contributed by atoms with Gasteiger partial charge in [0.15, 0.2) is 5.82 Å². The first-order valence-electron chi connectivity index (χ1n) is 5.53. The van der Waals surface area contributed by atoms with Crippen molar-refractivity contribution < 1.29 is 4.74 Å². The summed E-state index contributed by atoms with van der Waals surface area (Å²) in [5.74, 6) is 1.05. The molecule has 0 aliphatic carbocycles. The number of methoxy groups -OCH3 is 1. The van der Waals surface area contributed by atoms with Crippen molar-refractivity contribution in [1.29, 1.82) is 0 Å². The van der Waals surface area contributed by atoms with Gasteiger partial charge in [-0.25, -0.2) is 0 Å². The van der Waals surface area contributed by atoms with Crippen molar-refractivity contribution in [2.75, 3.05) is 19.0 Å². The van der Waals surface area contributed by atoms with E-state index < -0.39 is 0 Å². The summed E-state index contributed by atoms with van der Waals surface area (Å²) in [6, 6.07) is 7.57. The van der Waals surface area contributed by atoms with Gasteiger partial charge in [0.05, 0.1) is 7.11 Å². The van der Waals surface area contributed by atoms with Crippen LogP contribution in [-0.2, 0) is 0 Å². The van der Waals surface area contributed by atoms with Gasteiger partial charge >= 0.3 is 6.01 Å². The molecule has 2 aromatic rings. The molecule has 0 radical (unpaired) electrons. The van der Waals surface area contributed by atoms with E-state index in [1.807, 2.05) is 19.1 Å². The number of hydrogen-bond donors (Lipinski definition) is 1. The molecule has 1 N–H and O–H groups in total. The Kier molecular flexibility index (Phi) is 3.94.